The molecule has 5 nitrogen and oxygen atoms in total. The second kappa shape index (κ2) is 7.52. The summed E-state index contributed by atoms with van der Waals surface area (Å²) < 4.78 is 0. The summed E-state index contributed by atoms with van der Waals surface area (Å²) in [6.07, 6.45) is 6.79. The zero-order valence-electron chi connectivity index (χ0n) is 17.2. The molecule has 31 heavy (non-hydrogen) atoms. The van der Waals surface area contributed by atoms with Crippen LogP contribution in [-0.2, 0) is 19.5 Å². The van der Waals surface area contributed by atoms with Crippen molar-refractivity contribution in [1.29, 1.82) is 0 Å². The number of aromatic nitrogens is 3. The number of para-hydroxylation sites is 1. The van der Waals surface area contributed by atoms with Crippen molar-refractivity contribution in [2.75, 3.05) is 11.9 Å². The molecule has 3 aromatic heterocycles. The van der Waals surface area contributed by atoms with Crippen LogP contribution in [0.3, 0.4) is 0 Å². The lowest BCUT2D eigenvalue weighted by atomic mass is 9.99. The molecule has 5 aromatic rings. The summed E-state index contributed by atoms with van der Waals surface area (Å²) in [6.45, 7) is 2.90. The summed E-state index contributed by atoms with van der Waals surface area (Å²) in [5.41, 5.74) is 7.21. The standard InChI is InChI=1S/C26H23N5/c1-2-6-24-18(4-1)14-21(15-29-24)30-26-23-10-13-31(17-20(23)8-11-28-26)16-19-5-3-7-25-22(19)9-12-27-25/h1-9,11-12,14-15,27H,10,13,16-17H2,(H,28,30). The highest BCUT2D eigenvalue weighted by molar-refractivity contribution is 5.83. The van der Waals surface area contributed by atoms with Gasteiger partial charge in [-0.2, -0.15) is 0 Å². The van der Waals surface area contributed by atoms with Crippen molar-refractivity contribution in [3.05, 3.63) is 95.9 Å². The van der Waals surface area contributed by atoms with Gasteiger partial charge in [0.15, 0.2) is 0 Å². The van der Waals surface area contributed by atoms with Crippen molar-refractivity contribution in [3.8, 4) is 0 Å². The smallest absolute Gasteiger partial charge is 0.133 e. The molecule has 5 heteroatoms. The average Bonchev–Trinajstić information content (AvgIpc) is 3.29. The van der Waals surface area contributed by atoms with Crippen LogP contribution in [0.25, 0.3) is 21.8 Å². The van der Waals surface area contributed by atoms with Gasteiger partial charge in [0.05, 0.1) is 17.4 Å². The molecule has 2 aromatic carbocycles. The Kier molecular flexibility index (Phi) is 4.39. The van der Waals surface area contributed by atoms with Gasteiger partial charge in [-0.25, -0.2) is 4.98 Å². The first-order valence-electron chi connectivity index (χ1n) is 10.7. The fourth-order valence-electron chi connectivity index (χ4n) is 4.60. The second-order valence-electron chi connectivity index (χ2n) is 8.16. The van der Waals surface area contributed by atoms with Gasteiger partial charge in [-0.05, 0) is 47.9 Å². The van der Waals surface area contributed by atoms with Crippen molar-refractivity contribution in [2.45, 2.75) is 19.5 Å². The lowest BCUT2D eigenvalue weighted by Crippen LogP contribution is -2.30. The van der Waals surface area contributed by atoms with E-state index in [1.807, 2.05) is 36.8 Å². The van der Waals surface area contributed by atoms with E-state index in [4.69, 9.17) is 0 Å². The van der Waals surface area contributed by atoms with E-state index in [1.165, 1.54) is 27.6 Å². The zero-order valence-corrected chi connectivity index (χ0v) is 17.2. The monoisotopic (exact) mass is 405 g/mol. The molecule has 0 saturated heterocycles. The molecule has 152 valence electrons. The van der Waals surface area contributed by atoms with Crippen LogP contribution in [0.15, 0.2) is 79.3 Å². The minimum Gasteiger partial charge on any atom is -0.361 e. The Bertz CT molecular complexity index is 1390. The van der Waals surface area contributed by atoms with Crippen molar-refractivity contribution in [2.24, 2.45) is 0 Å². The Morgan fingerprint density at radius 3 is 2.97 bits per heavy atom. The third kappa shape index (κ3) is 3.43. The first kappa shape index (κ1) is 18.1. The van der Waals surface area contributed by atoms with Gasteiger partial charge in [-0.3, -0.25) is 9.88 Å². The Balaban J connectivity index is 1.24. The zero-order chi connectivity index (χ0) is 20.6. The van der Waals surface area contributed by atoms with E-state index in [1.54, 1.807) is 0 Å². The topological polar surface area (TPSA) is 56.8 Å². The van der Waals surface area contributed by atoms with Gasteiger partial charge in [0.1, 0.15) is 5.82 Å². The van der Waals surface area contributed by atoms with E-state index >= 15 is 0 Å². The first-order valence-corrected chi connectivity index (χ1v) is 10.7. The van der Waals surface area contributed by atoms with Crippen molar-refractivity contribution in [1.82, 2.24) is 19.9 Å². The predicted molar refractivity (Wildman–Crippen MR) is 125 cm³/mol. The summed E-state index contributed by atoms with van der Waals surface area (Å²) in [4.78, 5) is 15.1. The third-order valence-electron chi connectivity index (χ3n) is 6.16. The van der Waals surface area contributed by atoms with Crippen molar-refractivity contribution >= 4 is 33.3 Å². The largest absolute Gasteiger partial charge is 0.361 e. The summed E-state index contributed by atoms with van der Waals surface area (Å²) in [5.74, 6) is 0.946. The Hall–Kier alpha value is -3.70. The molecule has 2 N–H and O–H groups in total. The molecular formula is C26H23N5. The Morgan fingerprint density at radius 2 is 1.97 bits per heavy atom. The molecule has 0 unspecified atom stereocenters. The number of hydrogen-bond acceptors (Lipinski definition) is 4. The molecule has 0 atom stereocenters. The van der Waals surface area contributed by atoms with E-state index in [-0.39, 0.29) is 0 Å². The second-order valence-corrected chi connectivity index (χ2v) is 8.16. The Labute approximate surface area is 180 Å². The molecule has 0 saturated carbocycles. The maximum absolute atomic E-state index is 4.65. The highest BCUT2D eigenvalue weighted by Gasteiger charge is 2.20. The maximum atomic E-state index is 4.65. The summed E-state index contributed by atoms with van der Waals surface area (Å²) >= 11 is 0. The van der Waals surface area contributed by atoms with Crippen LogP contribution < -0.4 is 5.32 Å². The quantitative estimate of drug-likeness (QED) is 0.420. The molecule has 4 heterocycles. The van der Waals surface area contributed by atoms with Crippen LogP contribution in [0.5, 0.6) is 0 Å². The maximum Gasteiger partial charge on any atom is 0.133 e. The average molecular weight is 406 g/mol. The molecule has 1 aliphatic heterocycles. The number of nitrogens with zero attached hydrogens (tertiary/aromatic N) is 3. The number of anilines is 2. The molecule has 1 aliphatic rings. The van der Waals surface area contributed by atoms with Gasteiger partial charge in [0, 0.05) is 53.9 Å². The highest BCUT2D eigenvalue weighted by atomic mass is 15.1. The lowest BCUT2D eigenvalue weighted by molar-refractivity contribution is 0.246. The number of rotatable bonds is 4. The highest BCUT2D eigenvalue weighted by Crippen LogP contribution is 2.29. The molecule has 0 amide bonds. The van der Waals surface area contributed by atoms with Crippen LogP contribution in [0.2, 0.25) is 0 Å². The first-order chi connectivity index (χ1) is 15.3. The summed E-state index contributed by atoms with van der Waals surface area (Å²) in [5, 5.41) is 5.95. The van der Waals surface area contributed by atoms with Gasteiger partial charge >= 0.3 is 0 Å². The van der Waals surface area contributed by atoms with Crippen LogP contribution in [0, 0.1) is 0 Å². The predicted octanol–water partition coefficient (Wildman–Crippen LogP) is 5.41. The van der Waals surface area contributed by atoms with Gasteiger partial charge in [-0.1, -0.05) is 30.3 Å². The van der Waals surface area contributed by atoms with Crippen LogP contribution >= 0.6 is 0 Å². The number of benzene rings is 2. The lowest BCUT2D eigenvalue weighted by Gasteiger charge is -2.30. The van der Waals surface area contributed by atoms with E-state index in [2.05, 4.69) is 67.6 Å². The van der Waals surface area contributed by atoms with Crippen molar-refractivity contribution in [3.63, 3.8) is 0 Å². The van der Waals surface area contributed by atoms with Gasteiger partial charge < -0.3 is 10.3 Å². The number of fused-ring (bicyclic) bond motifs is 3. The number of hydrogen-bond donors (Lipinski definition) is 2. The van der Waals surface area contributed by atoms with Gasteiger partial charge in [-0.15, -0.1) is 0 Å². The molecule has 0 aliphatic carbocycles. The van der Waals surface area contributed by atoms with Crippen LogP contribution in [0.1, 0.15) is 16.7 Å². The molecule has 0 fully saturated rings. The molecule has 0 spiro atoms. The fraction of sp³-hybridized carbons (Fsp3) is 0.154. The minimum atomic E-state index is 0.934. The SMILES string of the molecule is c1ccc2ncc(Nc3nccc4c3CCN(Cc3cccc5[nH]ccc35)C4)cc2c1. The minimum absolute atomic E-state index is 0.934. The molecular weight excluding hydrogens is 382 g/mol. The molecule has 0 radical (unpaired) electrons. The van der Waals surface area contributed by atoms with E-state index in [9.17, 15) is 0 Å². The number of H-pyrrole nitrogens is 1. The van der Waals surface area contributed by atoms with Crippen LogP contribution in [-0.4, -0.2) is 26.4 Å². The van der Waals surface area contributed by atoms with Crippen molar-refractivity contribution < 1.29 is 0 Å². The van der Waals surface area contributed by atoms with E-state index in [0.717, 1.165) is 48.5 Å². The number of aromatic amines is 1. The normalized spacial score (nSPS) is 14.1. The number of pyridine rings is 2. The molecule has 0 bridgehead atoms. The molecule has 6 rings (SSSR count). The Morgan fingerprint density at radius 1 is 1.00 bits per heavy atom. The van der Waals surface area contributed by atoms with E-state index in [0.29, 0.717) is 0 Å². The number of nitrogens with one attached hydrogen (secondary N) is 2. The third-order valence-corrected chi connectivity index (χ3v) is 6.16. The fourth-order valence-corrected chi connectivity index (χ4v) is 4.60. The summed E-state index contributed by atoms with van der Waals surface area (Å²) in [6, 6.07) is 21.1. The van der Waals surface area contributed by atoms with E-state index < -0.39 is 0 Å². The van der Waals surface area contributed by atoms with Crippen LogP contribution in [0.4, 0.5) is 11.5 Å². The van der Waals surface area contributed by atoms with Gasteiger partial charge in [0.2, 0.25) is 0 Å². The summed E-state index contributed by atoms with van der Waals surface area (Å²) in [7, 11) is 0. The van der Waals surface area contributed by atoms with Gasteiger partial charge in [0.25, 0.3) is 0 Å².